The first kappa shape index (κ1) is 57.0. The molecule has 1 N–H and O–H groups in total. The number of ether oxygens (including phenoxy) is 3. The fourth-order valence-corrected chi connectivity index (χ4v) is 6.92. The van der Waals surface area contributed by atoms with Gasteiger partial charge in [0.15, 0.2) is 12.1 Å². The molecule has 0 saturated heterocycles. The summed E-state index contributed by atoms with van der Waals surface area (Å²) >= 11 is 0. The van der Waals surface area contributed by atoms with E-state index >= 15 is 0 Å². The Hall–Kier alpha value is -2.97. The summed E-state index contributed by atoms with van der Waals surface area (Å²) in [6, 6.07) is -0.623. The van der Waals surface area contributed by atoms with Crippen molar-refractivity contribution in [3.63, 3.8) is 0 Å². The Morgan fingerprint density at radius 2 is 0.967 bits per heavy atom. The Labute approximate surface area is 368 Å². The second-order valence-electron chi connectivity index (χ2n) is 17.3. The molecule has 0 aromatic rings. The number of aliphatic carboxylic acids is 1. The SMILES string of the molecule is CC/C=C/C/C=C/C/C=C/CCCCCCCCCCCCCCCC(=O)OC(COCCC(C(=O)O)[N+](C)(C)C)COC(=O)CC/C=C/C/C=C/CCCCCCCC. The Balaban J connectivity index is 4.26. The van der Waals surface area contributed by atoms with Crippen LogP contribution in [-0.4, -0.2) is 80.6 Å². The van der Waals surface area contributed by atoms with Crippen molar-refractivity contribution in [3.05, 3.63) is 60.8 Å². The zero-order valence-corrected chi connectivity index (χ0v) is 39.4. The van der Waals surface area contributed by atoms with E-state index < -0.39 is 18.1 Å². The summed E-state index contributed by atoms with van der Waals surface area (Å²) in [5.74, 6) is -1.55. The molecular weight excluding hydrogens is 751 g/mol. The van der Waals surface area contributed by atoms with E-state index in [4.69, 9.17) is 14.2 Å². The van der Waals surface area contributed by atoms with Gasteiger partial charge in [0.25, 0.3) is 0 Å². The van der Waals surface area contributed by atoms with Gasteiger partial charge in [0.2, 0.25) is 0 Å². The Morgan fingerprint density at radius 1 is 0.517 bits per heavy atom. The number of unbranched alkanes of at least 4 members (excludes halogenated alkanes) is 19. The molecule has 8 nitrogen and oxygen atoms in total. The minimum absolute atomic E-state index is 0.0429. The molecule has 2 atom stereocenters. The van der Waals surface area contributed by atoms with Gasteiger partial charge in [-0.25, -0.2) is 4.79 Å². The van der Waals surface area contributed by atoms with E-state index in [1.54, 1.807) is 0 Å². The molecule has 0 spiro atoms. The lowest BCUT2D eigenvalue weighted by Crippen LogP contribution is -2.50. The van der Waals surface area contributed by atoms with Crippen molar-refractivity contribution < 1.29 is 38.2 Å². The number of carboxylic acid groups (broad SMARTS) is 1. The molecule has 346 valence electrons. The van der Waals surface area contributed by atoms with Gasteiger partial charge in [-0.15, -0.1) is 0 Å². The monoisotopic (exact) mass is 843 g/mol. The van der Waals surface area contributed by atoms with Crippen LogP contribution >= 0.6 is 0 Å². The number of likely N-dealkylation sites (N-methyl/N-ethyl adjacent to an activating group) is 1. The van der Waals surface area contributed by atoms with Crippen LogP contribution in [0.2, 0.25) is 0 Å². The average molecular weight is 843 g/mol. The predicted octanol–water partition coefficient (Wildman–Crippen LogP) is 13.8. The molecule has 0 aliphatic heterocycles. The highest BCUT2D eigenvalue weighted by atomic mass is 16.6. The number of rotatable bonds is 43. The van der Waals surface area contributed by atoms with Crippen molar-refractivity contribution in [1.29, 1.82) is 0 Å². The third-order valence-corrected chi connectivity index (χ3v) is 10.7. The van der Waals surface area contributed by atoms with Gasteiger partial charge in [-0.3, -0.25) is 9.59 Å². The van der Waals surface area contributed by atoms with Gasteiger partial charge >= 0.3 is 17.9 Å². The molecule has 0 bridgehead atoms. The fourth-order valence-electron chi connectivity index (χ4n) is 6.92. The molecule has 0 aliphatic carbocycles. The number of nitrogens with zero attached hydrogens (tertiary/aromatic N) is 1. The molecule has 0 fully saturated rings. The number of quaternary nitrogens is 1. The lowest BCUT2D eigenvalue weighted by Gasteiger charge is -2.31. The Bertz CT molecular complexity index is 1170. The fraction of sp³-hybridized carbons (Fsp3) is 0.750. The van der Waals surface area contributed by atoms with Gasteiger partial charge < -0.3 is 23.8 Å². The second kappa shape index (κ2) is 42.7. The highest BCUT2D eigenvalue weighted by Gasteiger charge is 2.31. The maximum atomic E-state index is 12.8. The van der Waals surface area contributed by atoms with Crippen LogP contribution in [0, 0.1) is 0 Å². The summed E-state index contributed by atoms with van der Waals surface area (Å²) in [6.45, 7) is 4.56. The summed E-state index contributed by atoms with van der Waals surface area (Å²) in [4.78, 5) is 37.0. The number of carbonyl (C=O) groups is 3. The molecule has 2 unspecified atom stereocenters. The zero-order valence-electron chi connectivity index (χ0n) is 39.4. The van der Waals surface area contributed by atoms with E-state index in [2.05, 4.69) is 68.5 Å². The van der Waals surface area contributed by atoms with Crippen molar-refractivity contribution in [2.45, 2.75) is 212 Å². The van der Waals surface area contributed by atoms with Crippen LogP contribution in [0.5, 0.6) is 0 Å². The van der Waals surface area contributed by atoms with Gasteiger partial charge in [-0.1, -0.05) is 177 Å². The van der Waals surface area contributed by atoms with Gasteiger partial charge in [-0.05, 0) is 64.2 Å². The molecule has 0 amide bonds. The third-order valence-electron chi connectivity index (χ3n) is 10.7. The summed E-state index contributed by atoms with van der Waals surface area (Å²) in [6.07, 6.45) is 52.9. The number of hydrogen-bond acceptors (Lipinski definition) is 6. The van der Waals surface area contributed by atoms with E-state index in [0.717, 1.165) is 51.4 Å². The first-order valence-corrected chi connectivity index (χ1v) is 24.3. The number of hydrogen-bond donors (Lipinski definition) is 1. The lowest BCUT2D eigenvalue weighted by atomic mass is 10.0. The van der Waals surface area contributed by atoms with E-state index in [1.165, 1.54) is 109 Å². The normalized spacial score (nSPS) is 13.4. The summed E-state index contributed by atoms with van der Waals surface area (Å²) in [7, 11) is 5.51. The van der Waals surface area contributed by atoms with Crippen molar-refractivity contribution in [3.8, 4) is 0 Å². The average Bonchev–Trinajstić information content (AvgIpc) is 3.21. The van der Waals surface area contributed by atoms with Crippen LogP contribution in [0.25, 0.3) is 0 Å². The first-order valence-electron chi connectivity index (χ1n) is 24.3. The smallest absolute Gasteiger partial charge is 0.362 e. The molecular formula is C52H92NO7+. The molecule has 0 rings (SSSR count). The quantitative estimate of drug-likeness (QED) is 0.0282. The van der Waals surface area contributed by atoms with E-state index in [-0.39, 0.29) is 42.7 Å². The van der Waals surface area contributed by atoms with E-state index in [9.17, 15) is 19.5 Å². The lowest BCUT2D eigenvalue weighted by molar-refractivity contribution is -0.887. The van der Waals surface area contributed by atoms with Crippen LogP contribution in [0.3, 0.4) is 0 Å². The minimum atomic E-state index is -0.882. The largest absolute Gasteiger partial charge is 0.477 e. The van der Waals surface area contributed by atoms with Gasteiger partial charge in [0, 0.05) is 19.3 Å². The minimum Gasteiger partial charge on any atom is -0.477 e. The summed E-state index contributed by atoms with van der Waals surface area (Å²) in [5.41, 5.74) is 0. The molecule has 0 aliphatic rings. The predicted molar refractivity (Wildman–Crippen MR) is 252 cm³/mol. The highest BCUT2D eigenvalue weighted by molar-refractivity contribution is 5.72. The Morgan fingerprint density at radius 3 is 1.45 bits per heavy atom. The molecule has 0 heterocycles. The van der Waals surface area contributed by atoms with Crippen LogP contribution in [0.1, 0.15) is 200 Å². The number of carbonyl (C=O) groups excluding carboxylic acids is 2. The van der Waals surface area contributed by atoms with Crippen molar-refractivity contribution in [1.82, 2.24) is 0 Å². The maximum Gasteiger partial charge on any atom is 0.362 e. The van der Waals surface area contributed by atoms with Crippen molar-refractivity contribution >= 4 is 17.9 Å². The zero-order chi connectivity index (χ0) is 44.2. The van der Waals surface area contributed by atoms with Gasteiger partial charge in [0.05, 0.1) is 34.4 Å². The van der Waals surface area contributed by atoms with E-state index in [0.29, 0.717) is 19.3 Å². The third kappa shape index (κ3) is 40.4. The topological polar surface area (TPSA) is 99.1 Å². The Kier molecular flexibility index (Phi) is 40.6. The second-order valence-corrected chi connectivity index (χ2v) is 17.3. The highest BCUT2D eigenvalue weighted by Crippen LogP contribution is 2.15. The van der Waals surface area contributed by atoms with E-state index in [1.807, 2.05) is 27.2 Å². The number of esters is 2. The van der Waals surface area contributed by atoms with Crippen LogP contribution in [0.15, 0.2) is 60.8 Å². The molecule has 0 radical (unpaired) electrons. The number of carboxylic acids is 1. The summed E-state index contributed by atoms with van der Waals surface area (Å²) in [5, 5.41) is 9.63. The molecule has 0 aromatic carbocycles. The molecule has 0 aromatic heterocycles. The van der Waals surface area contributed by atoms with Crippen LogP contribution < -0.4 is 0 Å². The van der Waals surface area contributed by atoms with Crippen LogP contribution in [0.4, 0.5) is 0 Å². The first-order chi connectivity index (χ1) is 29.1. The van der Waals surface area contributed by atoms with Crippen molar-refractivity contribution in [2.24, 2.45) is 0 Å². The van der Waals surface area contributed by atoms with Crippen molar-refractivity contribution in [2.75, 3.05) is 41.0 Å². The molecule has 8 heteroatoms. The molecule has 60 heavy (non-hydrogen) atoms. The van der Waals surface area contributed by atoms with Gasteiger partial charge in [-0.2, -0.15) is 0 Å². The van der Waals surface area contributed by atoms with Gasteiger partial charge in [0.1, 0.15) is 6.61 Å². The maximum absolute atomic E-state index is 12.8. The number of allylic oxidation sites excluding steroid dienone is 10. The summed E-state index contributed by atoms with van der Waals surface area (Å²) < 4.78 is 17.2. The van der Waals surface area contributed by atoms with Crippen LogP contribution in [-0.2, 0) is 28.6 Å². The standard InChI is InChI=1S/C52H91NO7/c1-6-8-10-12-14-16-18-20-21-22-23-24-25-26-27-28-29-31-33-35-37-39-41-43-51(55)60-48(46-58-45-44-49(52(56)57)53(3,4)5)47-59-50(54)42-40-38-36-34-32-30-19-17-15-13-11-9-7-2/h8,10,14,16,20-21,30,32,36,38,48-49H,6-7,9,11-13,15,17-19,22-29,31,33-35,37,39-47H2,1-5H3/p+1/b10-8+,16-14+,21-20+,32-30+,38-36+. The molecule has 0 saturated carbocycles.